The van der Waals surface area contributed by atoms with Crippen molar-refractivity contribution in [3.63, 3.8) is 0 Å². The monoisotopic (exact) mass is 880 g/mol. The van der Waals surface area contributed by atoms with Crippen LogP contribution in [-0.4, -0.2) is 19.9 Å². The summed E-state index contributed by atoms with van der Waals surface area (Å²) in [5, 5.41) is 4.07. The molecule has 0 amide bonds. The Morgan fingerprint density at radius 2 is 0.812 bits per heavy atom. The first-order valence-corrected chi connectivity index (χ1v) is 23.3. The van der Waals surface area contributed by atoms with E-state index in [2.05, 4.69) is 146 Å². The van der Waals surface area contributed by atoms with Crippen LogP contribution in [0.3, 0.4) is 0 Å². The molecule has 0 bridgehead atoms. The molecule has 0 aliphatic heterocycles. The predicted molar refractivity (Wildman–Crippen MR) is 276 cm³/mol. The molecule has 1 spiro atoms. The van der Waals surface area contributed by atoms with E-state index in [-0.39, 0.29) is 5.41 Å². The minimum absolute atomic E-state index is 0.378. The molecule has 0 N–H and O–H groups in total. The summed E-state index contributed by atoms with van der Waals surface area (Å²) in [4.78, 5) is 20.6. The maximum atomic E-state index is 6.72. The molecule has 0 fully saturated rings. The van der Waals surface area contributed by atoms with Crippen molar-refractivity contribution >= 4 is 43.9 Å². The summed E-state index contributed by atoms with van der Waals surface area (Å²) in [7, 11) is 0. The van der Waals surface area contributed by atoms with E-state index in [0.29, 0.717) is 23.1 Å². The molecule has 0 atom stereocenters. The summed E-state index contributed by atoms with van der Waals surface area (Å²) in [6, 6.07) is 76.8. The lowest BCUT2D eigenvalue weighted by molar-refractivity contribution is 0.668. The summed E-state index contributed by atoms with van der Waals surface area (Å²) in [5.41, 5.74) is 19.5. The predicted octanol–water partition coefficient (Wildman–Crippen LogP) is 15.7. The smallest absolute Gasteiger partial charge is 0.167 e. The maximum absolute atomic E-state index is 6.72. The van der Waals surface area contributed by atoms with Crippen molar-refractivity contribution in [3.8, 4) is 78.9 Å². The normalized spacial score (nSPS) is 13.0. The number of hydrogen-bond acceptors (Lipinski definition) is 6. The summed E-state index contributed by atoms with van der Waals surface area (Å²) in [5.74, 6) is 1.64. The molecule has 0 saturated carbocycles. The van der Waals surface area contributed by atoms with Gasteiger partial charge in [-0.2, -0.15) is 0 Å². The maximum Gasteiger partial charge on any atom is 0.167 e. The van der Waals surface area contributed by atoms with Crippen LogP contribution in [-0.2, 0) is 5.41 Å². The number of benzene rings is 9. The van der Waals surface area contributed by atoms with Gasteiger partial charge < -0.3 is 8.83 Å². The lowest BCUT2D eigenvalue weighted by atomic mass is 9.70. The average molecular weight is 881 g/mol. The van der Waals surface area contributed by atoms with Gasteiger partial charge in [-0.15, -0.1) is 0 Å². The van der Waals surface area contributed by atoms with Gasteiger partial charge in [0.1, 0.15) is 22.3 Å². The molecule has 2 aliphatic rings. The number of hydrogen-bond donors (Lipinski definition) is 0. The highest BCUT2D eigenvalue weighted by Gasteiger charge is 2.51. The van der Waals surface area contributed by atoms with Gasteiger partial charge in [0.25, 0.3) is 0 Å². The van der Waals surface area contributed by atoms with Crippen LogP contribution in [0, 0.1) is 0 Å². The molecule has 13 aromatic rings. The Labute approximate surface area is 395 Å². The third kappa shape index (κ3) is 5.48. The van der Waals surface area contributed by atoms with Gasteiger partial charge in [-0.1, -0.05) is 158 Å². The number of nitrogens with zero attached hydrogens (tertiary/aromatic N) is 4. The van der Waals surface area contributed by atoms with Gasteiger partial charge in [-0.25, -0.2) is 19.9 Å². The Kier molecular flexibility index (Phi) is 7.89. The fourth-order valence-corrected chi connectivity index (χ4v) is 11.4. The molecule has 6 nitrogen and oxygen atoms in total. The number of pyridine rings is 1. The molecule has 9 aromatic carbocycles. The van der Waals surface area contributed by atoms with Gasteiger partial charge in [0.15, 0.2) is 17.5 Å². The van der Waals surface area contributed by atoms with Gasteiger partial charge in [0.05, 0.1) is 22.4 Å². The van der Waals surface area contributed by atoms with Crippen LogP contribution in [0.2, 0.25) is 0 Å². The lowest BCUT2D eigenvalue weighted by Gasteiger charge is -2.30. The lowest BCUT2D eigenvalue weighted by Crippen LogP contribution is -2.25. The zero-order valence-electron chi connectivity index (χ0n) is 36.9. The second-order valence-electron chi connectivity index (χ2n) is 18.0. The van der Waals surface area contributed by atoms with Crippen molar-refractivity contribution in [3.05, 3.63) is 241 Å². The molecule has 0 unspecified atom stereocenters. The van der Waals surface area contributed by atoms with Crippen LogP contribution >= 0.6 is 0 Å². The van der Waals surface area contributed by atoms with Crippen LogP contribution in [0.1, 0.15) is 22.3 Å². The molecule has 4 aromatic heterocycles. The van der Waals surface area contributed by atoms with E-state index in [9.17, 15) is 0 Å². The zero-order chi connectivity index (χ0) is 45.2. The molecule has 15 rings (SSSR count). The highest BCUT2D eigenvalue weighted by molar-refractivity contribution is 6.10. The van der Waals surface area contributed by atoms with E-state index in [1.165, 1.54) is 44.5 Å². The van der Waals surface area contributed by atoms with Gasteiger partial charge in [0, 0.05) is 43.8 Å². The van der Waals surface area contributed by atoms with E-state index >= 15 is 0 Å². The molecular weight excluding hydrogens is 845 g/mol. The molecule has 4 heterocycles. The van der Waals surface area contributed by atoms with E-state index in [4.69, 9.17) is 28.8 Å². The van der Waals surface area contributed by atoms with Crippen LogP contribution < -0.4 is 0 Å². The second-order valence-corrected chi connectivity index (χ2v) is 18.0. The summed E-state index contributed by atoms with van der Waals surface area (Å²) < 4.78 is 13.0. The quantitative estimate of drug-likeness (QED) is 0.171. The first-order valence-electron chi connectivity index (χ1n) is 23.3. The molecule has 69 heavy (non-hydrogen) atoms. The molecule has 320 valence electrons. The Hall–Kier alpha value is -9.26. The van der Waals surface area contributed by atoms with Crippen molar-refractivity contribution < 1.29 is 8.83 Å². The van der Waals surface area contributed by atoms with E-state index in [0.717, 1.165) is 77.5 Å². The fourth-order valence-electron chi connectivity index (χ4n) is 11.4. The third-order valence-corrected chi connectivity index (χ3v) is 14.4. The number of fused-ring (bicyclic) bond motifs is 16. The first-order chi connectivity index (χ1) is 34.2. The minimum Gasteiger partial charge on any atom is -0.456 e. The molecule has 0 radical (unpaired) electrons. The van der Waals surface area contributed by atoms with E-state index < -0.39 is 0 Å². The summed E-state index contributed by atoms with van der Waals surface area (Å²) in [6.45, 7) is 0. The van der Waals surface area contributed by atoms with Gasteiger partial charge in [-0.3, -0.25) is 0 Å². The Balaban J connectivity index is 0.824. The van der Waals surface area contributed by atoms with Crippen molar-refractivity contribution in [1.82, 2.24) is 19.9 Å². The number of para-hydroxylation sites is 2. The van der Waals surface area contributed by atoms with Crippen LogP contribution in [0.15, 0.2) is 227 Å². The van der Waals surface area contributed by atoms with E-state index in [1.807, 2.05) is 72.8 Å². The SMILES string of the molecule is c1ccc(-c2nc(-c3ccc4c(c3)oc3ccccc34)nc(-c3cccc4c3oc3ccc(-c5cccc(-c6ccc7c(c6)-c6ccccc6C76c7ccccc7-c7ccccc76)n5)cc34)n2)cc1. The Morgan fingerprint density at radius 3 is 1.58 bits per heavy atom. The van der Waals surface area contributed by atoms with Crippen molar-refractivity contribution in [1.29, 1.82) is 0 Å². The van der Waals surface area contributed by atoms with Crippen LogP contribution in [0.4, 0.5) is 0 Å². The van der Waals surface area contributed by atoms with Gasteiger partial charge >= 0.3 is 0 Å². The first kappa shape index (κ1) is 37.9. The van der Waals surface area contributed by atoms with Gasteiger partial charge in [-0.05, 0) is 105 Å². The molecular formula is C63H36N4O2. The third-order valence-electron chi connectivity index (χ3n) is 14.4. The highest BCUT2D eigenvalue weighted by Crippen LogP contribution is 2.63. The average Bonchev–Trinajstić information content (AvgIpc) is 4.16. The Bertz CT molecular complexity index is 4230. The molecule has 6 heteroatoms. The second kappa shape index (κ2) is 14.4. The molecule has 2 aliphatic carbocycles. The minimum atomic E-state index is -0.378. The largest absolute Gasteiger partial charge is 0.456 e. The number of rotatable bonds is 5. The zero-order valence-corrected chi connectivity index (χ0v) is 36.9. The highest BCUT2D eigenvalue weighted by atomic mass is 16.3. The van der Waals surface area contributed by atoms with Crippen molar-refractivity contribution in [2.24, 2.45) is 0 Å². The van der Waals surface area contributed by atoms with Crippen molar-refractivity contribution in [2.75, 3.05) is 0 Å². The number of furan rings is 2. The van der Waals surface area contributed by atoms with Crippen LogP contribution in [0.25, 0.3) is 123 Å². The Morgan fingerprint density at radius 1 is 0.275 bits per heavy atom. The number of aromatic nitrogens is 4. The standard InChI is InChI=1S/C63H36N4O2/c1-2-14-37(15-3-1)60-65-61(40-28-31-45-44-19-7-11-27-56(44)68-58(45)36-40)67-62(66-60)47-21-12-20-46-49-35-39(30-33-57(49)69-59(46)47)55-26-13-25-54(64-55)38-29-32-53-48(34-38)43-18-6-10-24-52(43)63(53)50-22-8-4-16-41(50)42-17-5-9-23-51(42)63/h1-36H. The van der Waals surface area contributed by atoms with Crippen molar-refractivity contribution in [2.45, 2.75) is 5.41 Å². The van der Waals surface area contributed by atoms with Crippen LogP contribution in [0.5, 0.6) is 0 Å². The van der Waals surface area contributed by atoms with E-state index in [1.54, 1.807) is 0 Å². The topological polar surface area (TPSA) is 77.8 Å². The summed E-state index contributed by atoms with van der Waals surface area (Å²) in [6.07, 6.45) is 0. The molecule has 0 saturated heterocycles. The fraction of sp³-hybridized carbons (Fsp3) is 0.0159. The summed E-state index contributed by atoms with van der Waals surface area (Å²) >= 11 is 0. The van der Waals surface area contributed by atoms with Gasteiger partial charge in [0.2, 0.25) is 0 Å².